The minimum atomic E-state index is -1.12. The Labute approximate surface area is 126 Å². The molecule has 1 amide bonds. The lowest BCUT2D eigenvalue weighted by Gasteiger charge is -2.20. The quantitative estimate of drug-likeness (QED) is 0.652. The Balaban J connectivity index is 2.15. The summed E-state index contributed by atoms with van der Waals surface area (Å²) in [7, 11) is 0. The summed E-state index contributed by atoms with van der Waals surface area (Å²) in [4.78, 5) is 36.3. The molecule has 0 saturated heterocycles. The van der Waals surface area contributed by atoms with E-state index in [0.717, 1.165) is 4.90 Å². The summed E-state index contributed by atoms with van der Waals surface area (Å²) in [5.41, 5.74) is 0.480. The van der Waals surface area contributed by atoms with Crippen molar-refractivity contribution < 1.29 is 24.2 Å². The van der Waals surface area contributed by atoms with Gasteiger partial charge >= 0.3 is 5.97 Å². The maximum atomic E-state index is 12.0. The summed E-state index contributed by atoms with van der Waals surface area (Å²) in [5.74, 6) is -2.03. The van der Waals surface area contributed by atoms with Crippen LogP contribution in [-0.2, 0) is 14.3 Å². The number of hydrogen-bond acceptors (Lipinski definition) is 5. The Morgan fingerprint density at radius 2 is 2.14 bits per heavy atom. The molecule has 1 atom stereocenters. The zero-order valence-electron chi connectivity index (χ0n) is 11.3. The molecule has 1 N–H and O–H groups in total. The fourth-order valence-electron chi connectivity index (χ4n) is 2.17. The van der Waals surface area contributed by atoms with E-state index in [1.807, 2.05) is 0 Å². The van der Waals surface area contributed by atoms with Gasteiger partial charge in [-0.2, -0.15) is 0 Å². The highest BCUT2D eigenvalue weighted by Gasteiger charge is 2.38. The number of hydrogen-bond donors (Lipinski definition) is 1. The van der Waals surface area contributed by atoms with Crippen LogP contribution >= 0.6 is 11.6 Å². The Kier molecular flexibility index (Phi) is 4.59. The molecule has 1 unspecified atom stereocenters. The minimum Gasteiger partial charge on any atom is -0.466 e. The van der Waals surface area contributed by atoms with Crippen LogP contribution in [0, 0.1) is 0 Å². The van der Waals surface area contributed by atoms with Gasteiger partial charge in [-0.05, 0) is 19.1 Å². The van der Waals surface area contributed by atoms with Crippen molar-refractivity contribution in [2.75, 3.05) is 18.1 Å². The average molecular weight is 312 g/mol. The summed E-state index contributed by atoms with van der Waals surface area (Å²) in [6, 6.07) is 4.70. The zero-order chi connectivity index (χ0) is 15.6. The summed E-state index contributed by atoms with van der Waals surface area (Å²) in [6.45, 7) is 1.70. The predicted molar refractivity (Wildman–Crippen MR) is 75.4 cm³/mol. The molecule has 1 aromatic rings. The molecule has 21 heavy (non-hydrogen) atoms. The van der Waals surface area contributed by atoms with Crippen LogP contribution in [0.5, 0.6) is 0 Å². The standard InChI is InChI=1S/C14H14ClNO5/c1-2-21-11(18)6-8(17)7-16-10-5-3-4-9(15)12(10)13(19)14(16)20/h3-5,8,17H,2,6-7H2,1H3. The second-order valence-electron chi connectivity index (χ2n) is 4.54. The summed E-state index contributed by atoms with van der Waals surface area (Å²) < 4.78 is 4.72. The van der Waals surface area contributed by atoms with Crippen molar-refractivity contribution in [3.05, 3.63) is 28.8 Å². The third-order valence-corrected chi connectivity index (χ3v) is 3.36. The maximum Gasteiger partial charge on any atom is 0.308 e. The Morgan fingerprint density at radius 3 is 2.81 bits per heavy atom. The highest BCUT2D eigenvalue weighted by atomic mass is 35.5. The number of ether oxygens (including phenoxy) is 1. The lowest BCUT2D eigenvalue weighted by Crippen LogP contribution is -2.37. The number of halogens is 1. The summed E-state index contributed by atoms with van der Waals surface area (Å²) in [6.07, 6.45) is -1.37. The number of nitrogens with zero attached hydrogens (tertiary/aromatic N) is 1. The van der Waals surface area contributed by atoms with Crippen LogP contribution in [0.25, 0.3) is 0 Å². The second kappa shape index (κ2) is 6.24. The first-order valence-electron chi connectivity index (χ1n) is 6.44. The number of aliphatic hydroxyl groups is 1. The van der Waals surface area contributed by atoms with Gasteiger partial charge in [-0.25, -0.2) is 0 Å². The van der Waals surface area contributed by atoms with E-state index in [2.05, 4.69) is 0 Å². The van der Waals surface area contributed by atoms with Crippen LogP contribution in [0.2, 0.25) is 5.02 Å². The van der Waals surface area contributed by atoms with Crippen LogP contribution in [0.1, 0.15) is 23.7 Å². The van der Waals surface area contributed by atoms with Crippen molar-refractivity contribution in [3.8, 4) is 0 Å². The third kappa shape index (κ3) is 3.06. The van der Waals surface area contributed by atoms with Crippen molar-refractivity contribution in [2.45, 2.75) is 19.4 Å². The topological polar surface area (TPSA) is 83.9 Å². The van der Waals surface area contributed by atoms with Gasteiger partial charge in [0.05, 0.1) is 41.9 Å². The number of Topliss-reactive ketones (excluding diaryl/α,β-unsaturated/α-hetero) is 1. The first-order chi connectivity index (χ1) is 9.95. The van der Waals surface area contributed by atoms with Gasteiger partial charge in [0.2, 0.25) is 0 Å². The fourth-order valence-corrected chi connectivity index (χ4v) is 2.43. The van der Waals surface area contributed by atoms with E-state index in [9.17, 15) is 19.5 Å². The monoisotopic (exact) mass is 311 g/mol. The van der Waals surface area contributed by atoms with Gasteiger partial charge in [-0.1, -0.05) is 17.7 Å². The number of fused-ring (bicyclic) bond motifs is 1. The van der Waals surface area contributed by atoms with Crippen LogP contribution in [-0.4, -0.2) is 42.0 Å². The van der Waals surface area contributed by atoms with Crippen molar-refractivity contribution in [3.63, 3.8) is 0 Å². The summed E-state index contributed by atoms with van der Waals surface area (Å²) >= 11 is 5.92. The van der Waals surface area contributed by atoms with Gasteiger partial charge in [0.25, 0.3) is 11.7 Å². The Morgan fingerprint density at radius 1 is 1.43 bits per heavy atom. The lowest BCUT2D eigenvalue weighted by molar-refractivity contribution is -0.145. The number of amides is 1. The molecule has 7 heteroatoms. The predicted octanol–water partition coefficient (Wildman–Crippen LogP) is 1.18. The number of carbonyl (C=O) groups excluding carboxylic acids is 3. The SMILES string of the molecule is CCOC(=O)CC(O)CN1C(=O)C(=O)c2c(Cl)cccc21. The molecule has 1 aliphatic heterocycles. The fraction of sp³-hybridized carbons (Fsp3) is 0.357. The number of β-amino-alcohol motifs (C(OH)–C–C–N with tert-alkyl or cyclic N) is 1. The normalized spacial score (nSPS) is 15.1. The molecule has 0 spiro atoms. The zero-order valence-corrected chi connectivity index (χ0v) is 12.1. The van der Waals surface area contributed by atoms with E-state index < -0.39 is 23.8 Å². The van der Waals surface area contributed by atoms with Crippen molar-refractivity contribution in [1.29, 1.82) is 0 Å². The molecule has 1 aromatic carbocycles. The molecule has 1 aliphatic rings. The smallest absolute Gasteiger partial charge is 0.308 e. The number of esters is 1. The molecule has 0 radical (unpaired) electrons. The van der Waals surface area contributed by atoms with Crippen LogP contribution in [0.4, 0.5) is 5.69 Å². The van der Waals surface area contributed by atoms with Crippen molar-refractivity contribution in [1.82, 2.24) is 0 Å². The molecule has 1 heterocycles. The van der Waals surface area contributed by atoms with Gasteiger partial charge < -0.3 is 14.7 Å². The van der Waals surface area contributed by atoms with E-state index in [1.54, 1.807) is 19.1 Å². The van der Waals surface area contributed by atoms with Gasteiger partial charge in [-0.3, -0.25) is 14.4 Å². The number of anilines is 1. The Bertz CT molecular complexity index is 601. The lowest BCUT2D eigenvalue weighted by atomic mass is 10.1. The second-order valence-corrected chi connectivity index (χ2v) is 4.95. The van der Waals surface area contributed by atoms with Crippen LogP contribution in [0.3, 0.4) is 0 Å². The highest BCUT2D eigenvalue weighted by molar-refractivity contribution is 6.55. The van der Waals surface area contributed by atoms with Gasteiger partial charge in [0, 0.05) is 0 Å². The highest BCUT2D eigenvalue weighted by Crippen LogP contribution is 2.34. The molecule has 112 valence electrons. The third-order valence-electron chi connectivity index (χ3n) is 3.05. The van der Waals surface area contributed by atoms with Crippen LogP contribution < -0.4 is 4.90 Å². The summed E-state index contributed by atoms with van der Waals surface area (Å²) in [5, 5.41) is 10.1. The molecule has 0 aliphatic carbocycles. The average Bonchev–Trinajstić information content (AvgIpc) is 2.65. The van der Waals surface area contributed by atoms with E-state index in [1.165, 1.54) is 6.07 Å². The van der Waals surface area contributed by atoms with Gasteiger partial charge in [0.15, 0.2) is 0 Å². The number of carbonyl (C=O) groups is 3. The molecule has 0 saturated carbocycles. The molecule has 6 nitrogen and oxygen atoms in total. The first kappa shape index (κ1) is 15.5. The minimum absolute atomic E-state index is 0.132. The molecular formula is C14H14ClNO5. The number of rotatable bonds is 5. The first-order valence-corrected chi connectivity index (χ1v) is 6.81. The molecule has 0 bridgehead atoms. The van der Waals surface area contributed by atoms with Crippen molar-refractivity contribution >= 4 is 34.9 Å². The largest absolute Gasteiger partial charge is 0.466 e. The molecule has 0 aromatic heterocycles. The molecule has 2 rings (SSSR count). The van der Waals surface area contributed by atoms with E-state index >= 15 is 0 Å². The number of aliphatic hydroxyl groups excluding tert-OH is 1. The molecular weight excluding hydrogens is 298 g/mol. The Hall–Kier alpha value is -1.92. The number of benzene rings is 1. The van der Waals surface area contributed by atoms with E-state index in [-0.39, 0.29) is 30.2 Å². The van der Waals surface area contributed by atoms with E-state index in [4.69, 9.17) is 16.3 Å². The van der Waals surface area contributed by atoms with Gasteiger partial charge in [0.1, 0.15) is 0 Å². The maximum absolute atomic E-state index is 12.0. The molecule has 0 fully saturated rings. The van der Waals surface area contributed by atoms with Crippen molar-refractivity contribution in [2.24, 2.45) is 0 Å². The number of ketones is 1. The van der Waals surface area contributed by atoms with Crippen LogP contribution in [0.15, 0.2) is 18.2 Å². The van der Waals surface area contributed by atoms with E-state index in [0.29, 0.717) is 5.69 Å². The van der Waals surface area contributed by atoms with Gasteiger partial charge in [-0.15, -0.1) is 0 Å².